The quantitative estimate of drug-likeness (QED) is 0.603. The second kappa shape index (κ2) is 9.62. The second-order valence-corrected chi connectivity index (χ2v) is 7.47. The number of hydrogen-bond donors (Lipinski definition) is 2. The van der Waals surface area contributed by atoms with Crippen LogP contribution in [0.1, 0.15) is 11.1 Å². The summed E-state index contributed by atoms with van der Waals surface area (Å²) in [4.78, 5) is 31.9. The maximum absolute atomic E-state index is 14.7. The smallest absolute Gasteiger partial charge is 0.321 e. The molecule has 0 spiro atoms. The Balaban J connectivity index is 1.69. The molecule has 3 amide bonds. The van der Waals surface area contributed by atoms with E-state index < -0.39 is 23.9 Å². The summed E-state index contributed by atoms with van der Waals surface area (Å²) in [5, 5.41) is 5.24. The molecule has 2 N–H and O–H groups in total. The van der Waals surface area contributed by atoms with Crippen molar-refractivity contribution in [2.24, 2.45) is 4.99 Å². The van der Waals surface area contributed by atoms with Gasteiger partial charge in [0.25, 0.3) is 5.91 Å². The Hall–Kier alpha value is -4.40. The molecule has 1 atom stereocenters. The fraction of sp³-hybridized carbons (Fsp3) is 0.160. The molecule has 34 heavy (non-hydrogen) atoms. The van der Waals surface area contributed by atoms with Gasteiger partial charge in [-0.2, -0.15) is 0 Å². The van der Waals surface area contributed by atoms with Gasteiger partial charge in [0.2, 0.25) is 6.17 Å². The number of rotatable bonds is 5. The monoisotopic (exact) mass is 462 g/mol. The molecule has 1 aliphatic rings. The number of halogens is 1. The van der Waals surface area contributed by atoms with Crippen molar-refractivity contribution >= 4 is 29.0 Å². The van der Waals surface area contributed by atoms with E-state index in [0.717, 1.165) is 0 Å². The molecule has 4 rings (SSSR count). The van der Waals surface area contributed by atoms with E-state index in [1.54, 1.807) is 67.7 Å². The summed E-state index contributed by atoms with van der Waals surface area (Å²) < 4.78 is 25.1. The third kappa shape index (κ3) is 4.54. The van der Waals surface area contributed by atoms with Crippen molar-refractivity contribution in [1.29, 1.82) is 0 Å². The number of hydrogen-bond acceptors (Lipinski definition) is 5. The van der Waals surface area contributed by atoms with Gasteiger partial charge in [-0.05, 0) is 18.2 Å². The maximum Gasteiger partial charge on any atom is 0.321 e. The van der Waals surface area contributed by atoms with Gasteiger partial charge in [0, 0.05) is 42.1 Å². The van der Waals surface area contributed by atoms with E-state index in [1.165, 1.54) is 25.2 Å². The van der Waals surface area contributed by atoms with Crippen LogP contribution < -0.4 is 25.0 Å². The molecule has 1 unspecified atom stereocenters. The Morgan fingerprint density at radius 1 is 0.971 bits per heavy atom. The highest BCUT2D eigenvalue weighted by molar-refractivity contribution is 6.20. The predicted octanol–water partition coefficient (Wildman–Crippen LogP) is 3.80. The number of ether oxygens (including phenoxy) is 2. The highest BCUT2D eigenvalue weighted by atomic mass is 19.1. The summed E-state index contributed by atoms with van der Waals surface area (Å²) in [6, 6.07) is 17.4. The topological polar surface area (TPSA) is 92.3 Å². The van der Waals surface area contributed by atoms with Crippen molar-refractivity contribution in [2.75, 3.05) is 31.5 Å². The molecule has 0 saturated carbocycles. The first kappa shape index (κ1) is 22.8. The SMILES string of the molecule is COc1cc(NC(=O)NC2N=C(c3ccccc3F)c3ccccc3N(C)C2=O)cc(OC)c1. The van der Waals surface area contributed by atoms with E-state index in [0.29, 0.717) is 28.4 Å². The van der Waals surface area contributed by atoms with Gasteiger partial charge < -0.3 is 25.0 Å². The lowest BCUT2D eigenvalue weighted by molar-refractivity contribution is -0.119. The zero-order valence-corrected chi connectivity index (χ0v) is 18.8. The summed E-state index contributed by atoms with van der Waals surface area (Å²) in [5.74, 6) is 0.00219. The largest absolute Gasteiger partial charge is 0.497 e. The molecule has 8 nitrogen and oxygen atoms in total. The van der Waals surface area contributed by atoms with Crippen molar-refractivity contribution in [3.8, 4) is 11.5 Å². The lowest BCUT2D eigenvalue weighted by Crippen LogP contribution is -2.47. The average molecular weight is 462 g/mol. The first-order valence-electron chi connectivity index (χ1n) is 10.4. The van der Waals surface area contributed by atoms with Crippen molar-refractivity contribution < 1.29 is 23.5 Å². The number of carbonyl (C=O) groups is 2. The molecular weight excluding hydrogens is 439 g/mol. The van der Waals surface area contributed by atoms with E-state index in [2.05, 4.69) is 15.6 Å². The van der Waals surface area contributed by atoms with E-state index in [9.17, 15) is 14.0 Å². The molecule has 0 aliphatic carbocycles. The molecule has 0 fully saturated rings. The summed E-state index contributed by atoms with van der Waals surface area (Å²) in [6.07, 6.45) is -1.29. The van der Waals surface area contributed by atoms with Crippen molar-refractivity contribution in [3.05, 3.63) is 83.7 Å². The number of anilines is 2. The number of benzene rings is 3. The minimum absolute atomic E-state index is 0.225. The molecule has 3 aromatic rings. The average Bonchev–Trinajstić information content (AvgIpc) is 2.95. The van der Waals surface area contributed by atoms with Crippen LogP contribution in [-0.4, -0.2) is 45.1 Å². The number of likely N-dealkylation sites (N-methyl/N-ethyl adjacent to an activating group) is 1. The van der Waals surface area contributed by atoms with Crippen LogP contribution in [0, 0.1) is 5.82 Å². The van der Waals surface area contributed by atoms with E-state index in [4.69, 9.17) is 9.47 Å². The fourth-order valence-corrected chi connectivity index (χ4v) is 3.66. The van der Waals surface area contributed by atoms with Crippen molar-refractivity contribution in [2.45, 2.75) is 6.17 Å². The fourth-order valence-electron chi connectivity index (χ4n) is 3.66. The van der Waals surface area contributed by atoms with Crippen LogP contribution in [0.5, 0.6) is 11.5 Å². The standard InChI is InChI=1S/C25H23FN4O4/c1-30-21-11-7-5-9-19(21)22(18-8-4-6-10-20(18)26)28-23(24(30)31)29-25(32)27-15-12-16(33-2)14-17(13-15)34-3/h4-14,23H,1-3H3,(H2,27,29,32). The van der Waals surface area contributed by atoms with Gasteiger partial charge in [0.05, 0.1) is 25.6 Å². The molecular formula is C25H23FN4O4. The minimum Gasteiger partial charge on any atom is -0.497 e. The molecule has 0 saturated heterocycles. The van der Waals surface area contributed by atoms with Crippen LogP contribution in [0.2, 0.25) is 0 Å². The van der Waals surface area contributed by atoms with Crippen molar-refractivity contribution in [3.63, 3.8) is 0 Å². The number of fused-ring (bicyclic) bond motifs is 1. The van der Waals surface area contributed by atoms with Crippen molar-refractivity contribution in [1.82, 2.24) is 5.32 Å². The molecule has 1 heterocycles. The molecule has 174 valence electrons. The number of carbonyl (C=O) groups excluding carboxylic acids is 2. The number of urea groups is 1. The lowest BCUT2D eigenvalue weighted by Gasteiger charge is -2.21. The highest BCUT2D eigenvalue weighted by Gasteiger charge is 2.31. The zero-order chi connectivity index (χ0) is 24.2. The number of benzodiazepines with no additional fused rings is 1. The van der Waals surface area contributed by atoms with Crippen LogP contribution in [0.3, 0.4) is 0 Å². The van der Waals surface area contributed by atoms with Gasteiger partial charge in [-0.3, -0.25) is 4.79 Å². The normalized spacial score (nSPS) is 15.1. The molecule has 0 radical (unpaired) electrons. The van der Waals surface area contributed by atoms with Gasteiger partial charge in [-0.15, -0.1) is 0 Å². The highest BCUT2D eigenvalue weighted by Crippen LogP contribution is 2.28. The number of nitrogens with zero attached hydrogens (tertiary/aromatic N) is 2. The molecule has 1 aliphatic heterocycles. The Morgan fingerprint density at radius 3 is 2.24 bits per heavy atom. The van der Waals surface area contributed by atoms with Gasteiger partial charge in [0.1, 0.15) is 17.3 Å². The van der Waals surface area contributed by atoms with Crippen LogP contribution >= 0.6 is 0 Å². The van der Waals surface area contributed by atoms with Crippen LogP contribution in [0.4, 0.5) is 20.6 Å². The number of methoxy groups -OCH3 is 2. The summed E-state index contributed by atoms with van der Waals surface area (Å²) in [7, 11) is 4.57. The van der Waals surface area contributed by atoms with E-state index in [-0.39, 0.29) is 11.3 Å². The Labute approximate surface area is 196 Å². The summed E-state index contributed by atoms with van der Waals surface area (Å²) in [6.45, 7) is 0. The summed E-state index contributed by atoms with van der Waals surface area (Å²) in [5.41, 5.74) is 2.01. The zero-order valence-electron chi connectivity index (χ0n) is 18.8. The first-order valence-corrected chi connectivity index (χ1v) is 10.4. The van der Waals surface area contributed by atoms with Crippen LogP contribution in [0.15, 0.2) is 71.7 Å². The lowest BCUT2D eigenvalue weighted by atomic mass is 10.00. The third-order valence-electron chi connectivity index (χ3n) is 5.35. The Bertz CT molecular complexity index is 1260. The minimum atomic E-state index is -1.29. The second-order valence-electron chi connectivity index (χ2n) is 7.47. The maximum atomic E-state index is 14.7. The van der Waals surface area contributed by atoms with Gasteiger partial charge in [-0.1, -0.05) is 30.3 Å². The predicted molar refractivity (Wildman–Crippen MR) is 127 cm³/mol. The van der Waals surface area contributed by atoms with Gasteiger partial charge >= 0.3 is 6.03 Å². The molecule has 3 aromatic carbocycles. The molecule has 0 bridgehead atoms. The molecule has 9 heteroatoms. The van der Waals surface area contributed by atoms with Crippen LogP contribution in [0.25, 0.3) is 0 Å². The first-order chi connectivity index (χ1) is 16.4. The van der Waals surface area contributed by atoms with Crippen LogP contribution in [-0.2, 0) is 4.79 Å². The molecule has 0 aromatic heterocycles. The van der Waals surface area contributed by atoms with Gasteiger partial charge in [0.15, 0.2) is 0 Å². The van der Waals surface area contributed by atoms with E-state index in [1.807, 2.05) is 0 Å². The number of amides is 3. The third-order valence-corrected chi connectivity index (χ3v) is 5.35. The number of aliphatic imine (C=N–C) groups is 1. The number of para-hydroxylation sites is 1. The number of nitrogens with one attached hydrogen (secondary N) is 2. The summed E-state index contributed by atoms with van der Waals surface area (Å²) >= 11 is 0. The van der Waals surface area contributed by atoms with E-state index >= 15 is 0 Å². The Morgan fingerprint density at radius 2 is 1.59 bits per heavy atom. The Kier molecular flexibility index (Phi) is 6.44. The van der Waals surface area contributed by atoms with Gasteiger partial charge in [-0.25, -0.2) is 14.2 Å².